The number of nitrogens with zero attached hydrogens (tertiary/aromatic N) is 3. The van der Waals surface area contributed by atoms with Crippen LogP contribution in [0.4, 0.5) is 0 Å². The second-order valence-electron chi connectivity index (χ2n) is 2.50. The van der Waals surface area contributed by atoms with Crippen molar-refractivity contribution in [3.05, 3.63) is 0 Å². The highest BCUT2D eigenvalue weighted by Gasteiger charge is 2.17. The Labute approximate surface area is 54.1 Å². The van der Waals surface area contributed by atoms with Crippen LogP contribution in [-0.4, -0.2) is 11.5 Å². The third-order valence-corrected chi connectivity index (χ3v) is 0.948. The Kier molecular flexibility index (Phi) is 1.23. The summed E-state index contributed by atoms with van der Waals surface area (Å²) in [6.07, 6.45) is 0. The molecule has 0 aromatic carbocycles. The smallest absolute Gasteiger partial charge is 0.169 e. The van der Waals surface area contributed by atoms with E-state index in [9.17, 15) is 0 Å². The highest BCUT2D eigenvalue weighted by molar-refractivity contribution is 5.79. The molecule has 0 radical (unpaired) electrons. The zero-order valence-electron chi connectivity index (χ0n) is 5.84. The lowest BCUT2D eigenvalue weighted by molar-refractivity contribution is 0.484. The van der Waals surface area contributed by atoms with Crippen LogP contribution in [0.25, 0.3) is 0 Å². The van der Waals surface area contributed by atoms with E-state index in [-0.39, 0.29) is 5.66 Å². The summed E-state index contributed by atoms with van der Waals surface area (Å²) < 4.78 is 0. The maximum atomic E-state index is 4.16. The van der Waals surface area contributed by atoms with Gasteiger partial charge in [-0.05, 0) is 20.8 Å². The monoisotopic (exact) mass is 126 g/mol. The average molecular weight is 126 g/mol. The molecule has 1 rings (SSSR count). The maximum absolute atomic E-state index is 4.16. The van der Waals surface area contributed by atoms with Crippen molar-refractivity contribution in [1.29, 1.82) is 0 Å². The van der Waals surface area contributed by atoms with Crippen molar-refractivity contribution in [3.63, 3.8) is 0 Å². The molecule has 0 bridgehead atoms. The van der Waals surface area contributed by atoms with Crippen LogP contribution >= 0.6 is 0 Å². The van der Waals surface area contributed by atoms with Gasteiger partial charge in [-0.15, -0.1) is 5.11 Å². The van der Waals surface area contributed by atoms with Gasteiger partial charge in [0.2, 0.25) is 0 Å². The van der Waals surface area contributed by atoms with E-state index in [4.69, 9.17) is 0 Å². The van der Waals surface area contributed by atoms with E-state index in [0.29, 0.717) is 0 Å². The van der Waals surface area contributed by atoms with Gasteiger partial charge in [0.05, 0.1) is 0 Å². The first kappa shape index (κ1) is 6.19. The molecular weight excluding hydrogens is 116 g/mol. The van der Waals surface area contributed by atoms with Crippen LogP contribution in [0.3, 0.4) is 0 Å². The van der Waals surface area contributed by atoms with Crippen molar-refractivity contribution in [3.8, 4) is 0 Å². The van der Waals surface area contributed by atoms with Crippen molar-refractivity contribution in [2.24, 2.45) is 15.3 Å². The van der Waals surface area contributed by atoms with Crippen LogP contribution in [0.1, 0.15) is 20.8 Å². The quantitative estimate of drug-likeness (QED) is 0.519. The topological polar surface area (TPSA) is 49.1 Å². The Bertz CT molecular complexity index is 168. The fourth-order valence-corrected chi connectivity index (χ4v) is 0.677. The molecular formula is C5H10N4. The summed E-state index contributed by atoms with van der Waals surface area (Å²) >= 11 is 0. The second-order valence-corrected chi connectivity index (χ2v) is 2.50. The van der Waals surface area contributed by atoms with Gasteiger partial charge in [0.1, 0.15) is 5.84 Å². The van der Waals surface area contributed by atoms with Crippen molar-refractivity contribution in [2.75, 3.05) is 0 Å². The van der Waals surface area contributed by atoms with Gasteiger partial charge in [0.15, 0.2) is 5.66 Å². The normalized spacial score (nSPS) is 22.8. The van der Waals surface area contributed by atoms with Crippen LogP contribution in [0.5, 0.6) is 0 Å². The lowest BCUT2D eigenvalue weighted by Crippen LogP contribution is -2.26. The molecule has 0 spiro atoms. The number of hydrogen-bond donors (Lipinski definition) is 1. The third kappa shape index (κ3) is 1.48. The van der Waals surface area contributed by atoms with Crippen LogP contribution in [0, 0.1) is 0 Å². The minimum Gasteiger partial charge on any atom is -0.247 e. The van der Waals surface area contributed by atoms with Crippen LogP contribution in [-0.2, 0) is 0 Å². The standard InChI is InChI=1S/C5H10N4/c1-4-6-5(2,3)8-9-7-4/h1-3H3,(H,6,7,8). The zero-order valence-corrected chi connectivity index (χ0v) is 5.84. The summed E-state index contributed by atoms with van der Waals surface area (Å²) in [7, 11) is 0. The van der Waals surface area contributed by atoms with Gasteiger partial charge in [-0.2, -0.15) is 0 Å². The lowest BCUT2D eigenvalue weighted by Gasteiger charge is -2.17. The molecule has 1 N–H and O–H groups in total. The molecule has 0 aromatic rings. The molecule has 4 nitrogen and oxygen atoms in total. The van der Waals surface area contributed by atoms with Gasteiger partial charge in [-0.1, -0.05) is 5.22 Å². The molecule has 1 aliphatic rings. The van der Waals surface area contributed by atoms with E-state index < -0.39 is 0 Å². The predicted octanol–water partition coefficient (Wildman–Crippen LogP) is 1.11. The minimum absolute atomic E-state index is 0.366. The Balaban J connectivity index is 2.78. The molecule has 1 heterocycles. The highest BCUT2D eigenvalue weighted by Crippen LogP contribution is 2.12. The molecule has 50 valence electrons. The van der Waals surface area contributed by atoms with Gasteiger partial charge in [-0.25, -0.2) is 10.4 Å². The minimum atomic E-state index is -0.366. The van der Waals surface area contributed by atoms with E-state index in [2.05, 4.69) is 20.8 Å². The summed E-state index contributed by atoms with van der Waals surface area (Å²) in [6, 6.07) is 0. The zero-order chi connectivity index (χ0) is 6.91. The molecule has 0 unspecified atom stereocenters. The number of amidine groups is 1. The number of nitrogens with one attached hydrogen (secondary N) is 1. The summed E-state index contributed by atoms with van der Waals surface area (Å²) in [5.74, 6) is 0.815. The van der Waals surface area contributed by atoms with E-state index in [1.807, 2.05) is 20.8 Å². The van der Waals surface area contributed by atoms with Gasteiger partial charge >= 0.3 is 0 Å². The molecule has 0 saturated carbocycles. The second kappa shape index (κ2) is 1.79. The molecule has 0 aromatic heterocycles. The molecule has 0 amide bonds. The summed E-state index contributed by atoms with van der Waals surface area (Å²) in [6.45, 7) is 5.67. The third-order valence-electron chi connectivity index (χ3n) is 0.948. The van der Waals surface area contributed by atoms with Crippen molar-refractivity contribution < 1.29 is 0 Å². The molecule has 0 atom stereocenters. The fourth-order valence-electron chi connectivity index (χ4n) is 0.677. The first-order valence-corrected chi connectivity index (χ1v) is 2.84. The largest absolute Gasteiger partial charge is 0.247 e. The molecule has 9 heavy (non-hydrogen) atoms. The SMILES string of the molecule is CC1=NC(C)(C)N=NN1. The van der Waals surface area contributed by atoms with Crippen molar-refractivity contribution in [2.45, 2.75) is 26.4 Å². The average Bonchev–Trinajstić information content (AvgIpc) is 1.60. The van der Waals surface area contributed by atoms with E-state index >= 15 is 0 Å². The Morgan fingerprint density at radius 2 is 2.11 bits per heavy atom. The molecule has 4 heteroatoms. The van der Waals surface area contributed by atoms with Crippen LogP contribution in [0.2, 0.25) is 0 Å². The van der Waals surface area contributed by atoms with E-state index in [1.165, 1.54) is 0 Å². The van der Waals surface area contributed by atoms with Gasteiger partial charge in [0, 0.05) is 0 Å². The van der Waals surface area contributed by atoms with Gasteiger partial charge in [0.25, 0.3) is 0 Å². The molecule has 0 aliphatic carbocycles. The first-order chi connectivity index (χ1) is 4.10. The Hall–Kier alpha value is -0.930. The summed E-state index contributed by atoms with van der Waals surface area (Å²) in [5, 5.41) is 7.49. The number of aliphatic imine (C=N–C) groups is 1. The summed E-state index contributed by atoms with van der Waals surface area (Å²) in [5.41, 5.74) is 2.28. The molecule has 1 aliphatic heterocycles. The van der Waals surface area contributed by atoms with E-state index in [1.54, 1.807) is 0 Å². The van der Waals surface area contributed by atoms with Crippen LogP contribution < -0.4 is 5.43 Å². The van der Waals surface area contributed by atoms with Crippen molar-refractivity contribution >= 4 is 5.84 Å². The van der Waals surface area contributed by atoms with E-state index in [0.717, 1.165) is 5.84 Å². The molecule has 0 fully saturated rings. The van der Waals surface area contributed by atoms with Crippen molar-refractivity contribution in [1.82, 2.24) is 5.43 Å². The molecule has 0 saturated heterocycles. The van der Waals surface area contributed by atoms with Crippen LogP contribution in [0.15, 0.2) is 15.3 Å². The fraction of sp³-hybridized carbons (Fsp3) is 0.800. The number of rotatable bonds is 0. The first-order valence-electron chi connectivity index (χ1n) is 2.84. The van der Waals surface area contributed by atoms with Gasteiger partial charge < -0.3 is 0 Å². The van der Waals surface area contributed by atoms with Gasteiger partial charge in [-0.3, -0.25) is 0 Å². The Morgan fingerprint density at radius 1 is 1.44 bits per heavy atom. The Morgan fingerprint density at radius 3 is 2.44 bits per heavy atom. The predicted molar refractivity (Wildman–Crippen MR) is 35.2 cm³/mol. The summed E-state index contributed by atoms with van der Waals surface area (Å²) in [4.78, 5) is 4.16. The number of hydrogen-bond acceptors (Lipinski definition) is 4. The lowest BCUT2D eigenvalue weighted by atomic mass is 10.3. The maximum Gasteiger partial charge on any atom is 0.169 e. The highest BCUT2D eigenvalue weighted by atomic mass is 15.5.